The second kappa shape index (κ2) is 7.97. The number of benzene rings is 3. The van der Waals surface area contributed by atoms with Crippen LogP contribution in [-0.2, 0) is 0 Å². The van der Waals surface area contributed by atoms with Crippen molar-refractivity contribution in [3.63, 3.8) is 0 Å². The molecule has 124 valence electrons. The Labute approximate surface area is 147 Å². The van der Waals surface area contributed by atoms with Gasteiger partial charge in [0.15, 0.2) is 5.78 Å². The first-order chi connectivity index (χ1) is 12.3. The number of carbonyl (C=O) groups is 1. The molecule has 0 saturated heterocycles. The van der Waals surface area contributed by atoms with Crippen LogP contribution >= 0.6 is 0 Å². The van der Waals surface area contributed by atoms with E-state index in [4.69, 9.17) is 4.74 Å². The summed E-state index contributed by atoms with van der Waals surface area (Å²) in [6.07, 6.45) is 3.15. The van der Waals surface area contributed by atoms with Crippen LogP contribution in [0.2, 0.25) is 0 Å². The molecule has 0 radical (unpaired) electrons. The number of para-hydroxylation sites is 2. The predicted molar refractivity (Wildman–Crippen MR) is 102 cm³/mol. The van der Waals surface area contributed by atoms with Crippen LogP contribution in [0.4, 0.5) is 5.69 Å². The third kappa shape index (κ3) is 4.15. The summed E-state index contributed by atoms with van der Waals surface area (Å²) in [7, 11) is 1.61. The Morgan fingerprint density at radius 2 is 1.48 bits per heavy atom. The number of rotatable bonds is 6. The maximum atomic E-state index is 12.3. The number of carbonyl (C=O) groups excluding carboxylic acids is 1. The molecule has 0 saturated carbocycles. The molecule has 0 spiro atoms. The molecule has 3 nitrogen and oxygen atoms in total. The van der Waals surface area contributed by atoms with Gasteiger partial charge in [0.2, 0.25) is 0 Å². The van der Waals surface area contributed by atoms with Gasteiger partial charge in [-0.2, -0.15) is 0 Å². The van der Waals surface area contributed by atoms with E-state index in [2.05, 4.69) is 5.32 Å². The number of ketones is 1. The Morgan fingerprint density at radius 3 is 2.20 bits per heavy atom. The van der Waals surface area contributed by atoms with Gasteiger partial charge >= 0.3 is 0 Å². The molecule has 25 heavy (non-hydrogen) atoms. The van der Waals surface area contributed by atoms with Crippen LogP contribution in [-0.4, -0.2) is 12.9 Å². The van der Waals surface area contributed by atoms with Gasteiger partial charge < -0.3 is 10.1 Å². The number of methoxy groups -OCH3 is 1. The third-order valence-corrected chi connectivity index (χ3v) is 3.86. The first kappa shape index (κ1) is 16.5. The minimum Gasteiger partial charge on any atom is -0.495 e. The molecule has 3 aromatic carbocycles. The highest BCUT2D eigenvalue weighted by molar-refractivity contribution is 6.04. The fraction of sp³-hybridized carbons (Fsp3) is 0.0455. The molecule has 0 heterocycles. The maximum absolute atomic E-state index is 12.3. The summed E-state index contributed by atoms with van der Waals surface area (Å²) in [5.74, 6) is 0.675. The summed E-state index contributed by atoms with van der Waals surface area (Å²) in [5, 5.41) is 3.08. The molecule has 0 aliphatic rings. The predicted octanol–water partition coefficient (Wildman–Crippen LogP) is 5.17. The Bertz CT molecular complexity index is 868. The lowest BCUT2D eigenvalue weighted by molar-refractivity contribution is 0.104. The van der Waals surface area contributed by atoms with Crippen molar-refractivity contribution in [3.8, 4) is 16.9 Å². The fourth-order valence-corrected chi connectivity index (χ4v) is 2.52. The first-order valence-electron chi connectivity index (χ1n) is 8.04. The quantitative estimate of drug-likeness (QED) is 0.501. The van der Waals surface area contributed by atoms with Crippen molar-refractivity contribution >= 4 is 11.5 Å². The smallest absolute Gasteiger partial charge is 0.187 e. The van der Waals surface area contributed by atoms with Gasteiger partial charge in [-0.1, -0.05) is 66.7 Å². The van der Waals surface area contributed by atoms with Crippen LogP contribution in [0, 0.1) is 0 Å². The van der Waals surface area contributed by atoms with Gasteiger partial charge in [0.25, 0.3) is 0 Å². The van der Waals surface area contributed by atoms with Crippen molar-refractivity contribution in [2.45, 2.75) is 0 Å². The van der Waals surface area contributed by atoms with E-state index in [9.17, 15) is 4.79 Å². The molecular weight excluding hydrogens is 310 g/mol. The molecule has 0 amide bonds. The SMILES string of the molecule is COc1ccccc1N/C=C\C(=O)c1ccc(-c2ccccc2)cc1. The molecule has 1 N–H and O–H groups in total. The van der Waals surface area contributed by atoms with Crippen molar-refractivity contribution in [1.29, 1.82) is 0 Å². The molecule has 3 aromatic rings. The summed E-state index contributed by atoms with van der Waals surface area (Å²) in [6, 6.07) is 25.3. The summed E-state index contributed by atoms with van der Waals surface area (Å²) in [4.78, 5) is 12.3. The van der Waals surface area contributed by atoms with E-state index in [0.29, 0.717) is 5.56 Å². The second-order valence-corrected chi connectivity index (χ2v) is 5.49. The molecule has 0 aromatic heterocycles. The third-order valence-electron chi connectivity index (χ3n) is 3.86. The van der Waals surface area contributed by atoms with Crippen molar-refractivity contribution in [2.75, 3.05) is 12.4 Å². The number of anilines is 1. The summed E-state index contributed by atoms with van der Waals surface area (Å²) < 4.78 is 5.26. The Hall–Kier alpha value is -3.33. The van der Waals surface area contributed by atoms with E-state index in [-0.39, 0.29) is 5.78 Å². The molecule has 0 aliphatic heterocycles. The van der Waals surface area contributed by atoms with E-state index in [1.165, 1.54) is 6.08 Å². The molecule has 0 aliphatic carbocycles. The summed E-state index contributed by atoms with van der Waals surface area (Å²) >= 11 is 0. The second-order valence-electron chi connectivity index (χ2n) is 5.49. The normalized spacial score (nSPS) is 10.6. The lowest BCUT2D eigenvalue weighted by atomic mass is 10.0. The minimum absolute atomic E-state index is 0.0537. The monoisotopic (exact) mass is 329 g/mol. The van der Waals surface area contributed by atoms with Gasteiger partial charge in [-0.25, -0.2) is 0 Å². The van der Waals surface area contributed by atoms with Crippen LogP contribution in [0.1, 0.15) is 10.4 Å². The zero-order valence-corrected chi connectivity index (χ0v) is 14.0. The average molecular weight is 329 g/mol. The lowest BCUT2D eigenvalue weighted by Crippen LogP contribution is -1.97. The van der Waals surface area contributed by atoms with Crippen molar-refractivity contribution < 1.29 is 9.53 Å². The molecule has 0 bridgehead atoms. The lowest BCUT2D eigenvalue weighted by Gasteiger charge is -2.07. The largest absolute Gasteiger partial charge is 0.495 e. The summed E-state index contributed by atoms with van der Waals surface area (Å²) in [5.41, 5.74) is 3.69. The Balaban J connectivity index is 1.67. The van der Waals surface area contributed by atoms with Gasteiger partial charge in [-0.05, 0) is 23.3 Å². The van der Waals surface area contributed by atoms with Crippen LogP contribution in [0.25, 0.3) is 11.1 Å². The zero-order valence-electron chi connectivity index (χ0n) is 14.0. The van der Waals surface area contributed by atoms with Gasteiger partial charge in [0.05, 0.1) is 12.8 Å². The molecular formula is C22H19NO2. The zero-order chi connectivity index (χ0) is 17.5. The van der Waals surface area contributed by atoms with Gasteiger partial charge in [-0.15, -0.1) is 0 Å². The van der Waals surface area contributed by atoms with Crippen molar-refractivity contribution in [3.05, 3.63) is 96.7 Å². The van der Waals surface area contributed by atoms with E-state index in [1.54, 1.807) is 13.3 Å². The molecule has 3 heteroatoms. The van der Waals surface area contributed by atoms with E-state index in [0.717, 1.165) is 22.6 Å². The standard InChI is InChI=1S/C22H19NO2/c1-25-22-10-6-5-9-20(22)23-16-15-21(24)19-13-11-18(12-14-19)17-7-3-2-4-8-17/h2-16,23H,1H3/b16-15-. The first-order valence-corrected chi connectivity index (χ1v) is 8.04. The molecule has 3 rings (SSSR count). The summed E-state index contributed by atoms with van der Waals surface area (Å²) in [6.45, 7) is 0. The van der Waals surface area contributed by atoms with Gasteiger partial charge in [0.1, 0.15) is 5.75 Å². The van der Waals surface area contributed by atoms with E-state index in [1.807, 2.05) is 78.9 Å². The highest BCUT2D eigenvalue weighted by Gasteiger charge is 2.03. The molecule has 0 atom stereocenters. The molecule has 0 unspecified atom stereocenters. The molecule has 0 fully saturated rings. The van der Waals surface area contributed by atoms with Gasteiger partial charge in [-0.3, -0.25) is 4.79 Å². The Kier molecular flexibility index (Phi) is 5.27. The minimum atomic E-state index is -0.0537. The average Bonchev–Trinajstić information content (AvgIpc) is 2.69. The number of ether oxygens (including phenoxy) is 1. The number of nitrogens with one attached hydrogen (secondary N) is 1. The van der Waals surface area contributed by atoms with Crippen LogP contribution in [0.15, 0.2) is 91.1 Å². The highest BCUT2D eigenvalue weighted by Crippen LogP contribution is 2.23. The fourth-order valence-electron chi connectivity index (χ4n) is 2.52. The van der Waals surface area contributed by atoms with Crippen LogP contribution in [0.5, 0.6) is 5.75 Å². The van der Waals surface area contributed by atoms with Crippen LogP contribution < -0.4 is 10.1 Å². The van der Waals surface area contributed by atoms with Crippen molar-refractivity contribution in [2.24, 2.45) is 0 Å². The van der Waals surface area contributed by atoms with Gasteiger partial charge in [0, 0.05) is 17.8 Å². The number of hydrogen-bond acceptors (Lipinski definition) is 3. The van der Waals surface area contributed by atoms with E-state index < -0.39 is 0 Å². The number of allylic oxidation sites excluding steroid dienone is 1. The van der Waals surface area contributed by atoms with Crippen molar-refractivity contribution in [1.82, 2.24) is 0 Å². The van der Waals surface area contributed by atoms with E-state index >= 15 is 0 Å². The maximum Gasteiger partial charge on any atom is 0.187 e. The number of hydrogen-bond donors (Lipinski definition) is 1. The topological polar surface area (TPSA) is 38.3 Å². The highest BCUT2D eigenvalue weighted by atomic mass is 16.5. The Morgan fingerprint density at radius 1 is 0.840 bits per heavy atom. The van der Waals surface area contributed by atoms with Crippen LogP contribution in [0.3, 0.4) is 0 Å².